The van der Waals surface area contributed by atoms with Crippen LogP contribution in [0.2, 0.25) is 0 Å². The molecule has 2 aromatic rings. The monoisotopic (exact) mass is 440 g/mol. The number of hydrogen-bond donors (Lipinski definition) is 2. The van der Waals surface area contributed by atoms with Crippen LogP contribution in [-0.4, -0.2) is 49.1 Å². The van der Waals surface area contributed by atoms with E-state index in [9.17, 15) is 9.18 Å². The zero-order valence-corrected chi connectivity index (χ0v) is 19.5. The molecule has 2 N–H and O–H groups in total. The minimum atomic E-state index is -0.213. The molecule has 1 aliphatic heterocycles. The molecule has 0 aromatic heterocycles. The largest absolute Gasteiger partial charge is 0.372 e. The maximum atomic E-state index is 13.9. The van der Waals surface area contributed by atoms with Gasteiger partial charge in [0, 0.05) is 32.2 Å². The molecule has 1 saturated heterocycles. The van der Waals surface area contributed by atoms with E-state index < -0.39 is 0 Å². The van der Waals surface area contributed by atoms with Crippen LogP contribution >= 0.6 is 0 Å². The molecule has 1 aliphatic rings. The minimum Gasteiger partial charge on any atom is -0.372 e. The lowest BCUT2D eigenvalue weighted by molar-refractivity contribution is -0.0586. The molecule has 2 aromatic carbocycles. The Bertz CT molecular complexity index is 951. The summed E-state index contributed by atoms with van der Waals surface area (Å²) in [5.41, 5.74) is 3.18. The number of benzene rings is 2. The second kappa shape index (κ2) is 10.6. The summed E-state index contributed by atoms with van der Waals surface area (Å²) in [6.45, 7) is 9.46. The lowest BCUT2D eigenvalue weighted by Crippen LogP contribution is -2.48. The Labute approximate surface area is 189 Å². The molecule has 3 rings (SSSR count). The summed E-state index contributed by atoms with van der Waals surface area (Å²) in [7, 11) is 1.70. The number of guanidine groups is 1. The molecule has 1 amide bonds. The van der Waals surface area contributed by atoms with Crippen LogP contribution in [0, 0.1) is 12.7 Å². The Balaban J connectivity index is 1.55. The fourth-order valence-corrected chi connectivity index (χ4v) is 3.84. The molecule has 7 heteroatoms. The van der Waals surface area contributed by atoms with Crippen molar-refractivity contribution >= 4 is 11.9 Å². The SMILES string of the molecule is CN=C(NCc1ccc(C(=O)N2CC(C)OC(C)C2)cc1)NC(C)c1ccc(C)c(F)c1. The van der Waals surface area contributed by atoms with Crippen LogP contribution in [0.1, 0.15) is 53.9 Å². The first kappa shape index (κ1) is 23.7. The average Bonchev–Trinajstić information content (AvgIpc) is 2.77. The van der Waals surface area contributed by atoms with Gasteiger partial charge in [-0.05, 0) is 62.6 Å². The van der Waals surface area contributed by atoms with Gasteiger partial charge in [0.2, 0.25) is 0 Å². The third-order valence-electron chi connectivity index (χ3n) is 5.64. The van der Waals surface area contributed by atoms with Crippen LogP contribution in [0.25, 0.3) is 0 Å². The normalized spacial score (nSPS) is 20.1. The molecule has 1 heterocycles. The van der Waals surface area contributed by atoms with Crippen molar-refractivity contribution in [2.24, 2.45) is 4.99 Å². The van der Waals surface area contributed by atoms with E-state index in [1.165, 1.54) is 0 Å². The summed E-state index contributed by atoms with van der Waals surface area (Å²) in [5, 5.41) is 6.55. The molecule has 32 heavy (non-hydrogen) atoms. The molecule has 3 unspecified atom stereocenters. The van der Waals surface area contributed by atoms with Crippen molar-refractivity contribution in [1.29, 1.82) is 0 Å². The Hall–Kier alpha value is -2.93. The molecule has 0 saturated carbocycles. The quantitative estimate of drug-likeness (QED) is 0.548. The van der Waals surface area contributed by atoms with Crippen LogP contribution in [0.4, 0.5) is 4.39 Å². The third-order valence-corrected chi connectivity index (χ3v) is 5.64. The Morgan fingerprint density at radius 2 is 1.84 bits per heavy atom. The molecule has 0 radical (unpaired) electrons. The number of hydrogen-bond acceptors (Lipinski definition) is 3. The fourth-order valence-electron chi connectivity index (χ4n) is 3.84. The van der Waals surface area contributed by atoms with E-state index in [2.05, 4.69) is 15.6 Å². The molecule has 1 fully saturated rings. The first-order chi connectivity index (χ1) is 15.3. The average molecular weight is 441 g/mol. The molecular formula is C25H33FN4O2. The zero-order chi connectivity index (χ0) is 23.3. The maximum Gasteiger partial charge on any atom is 0.254 e. The van der Waals surface area contributed by atoms with E-state index in [0.717, 1.165) is 11.1 Å². The van der Waals surface area contributed by atoms with Gasteiger partial charge in [0.25, 0.3) is 5.91 Å². The molecular weight excluding hydrogens is 407 g/mol. The van der Waals surface area contributed by atoms with E-state index >= 15 is 0 Å². The number of morpholine rings is 1. The lowest BCUT2D eigenvalue weighted by Gasteiger charge is -2.35. The van der Waals surface area contributed by atoms with Gasteiger partial charge in [-0.3, -0.25) is 9.79 Å². The fraction of sp³-hybridized carbons (Fsp3) is 0.440. The van der Waals surface area contributed by atoms with Gasteiger partial charge in [-0.2, -0.15) is 0 Å². The standard InChI is InChI=1S/C25H33FN4O2/c1-16-6-9-22(12-23(16)26)19(4)29-25(27-5)28-13-20-7-10-21(11-8-20)24(31)30-14-17(2)32-18(3)15-30/h6-12,17-19H,13-15H2,1-5H3,(H2,27,28,29). The maximum absolute atomic E-state index is 13.9. The number of halogens is 1. The van der Waals surface area contributed by atoms with Gasteiger partial charge >= 0.3 is 0 Å². The highest BCUT2D eigenvalue weighted by Gasteiger charge is 2.26. The first-order valence-corrected chi connectivity index (χ1v) is 11.0. The van der Waals surface area contributed by atoms with Gasteiger partial charge < -0.3 is 20.3 Å². The van der Waals surface area contributed by atoms with Crippen molar-refractivity contribution in [3.63, 3.8) is 0 Å². The number of aryl methyl sites for hydroxylation is 1. The van der Waals surface area contributed by atoms with Gasteiger partial charge in [-0.15, -0.1) is 0 Å². The summed E-state index contributed by atoms with van der Waals surface area (Å²) in [4.78, 5) is 18.9. The number of amides is 1. The Morgan fingerprint density at radius 3 is 2.44 bits per heavy atom. The van der Waals surface area contributed by atoms with Crippen molar-refractivity contribution in [2.75, 3.05) is 20.1 Å². The molecule has 3 atom stereocenters. The van der Waals surface area contributed by atoms with Crippen LogP contribution in [0.3, 0.4) is 0 Å². The molecule has 172 valence electrons. The molecule has 0 bridgehead atoms. The molecule has 0 spiro atoms. The second-order valence-electron chi connectivity index (χ2n) is 8.46. The topological polar surface area (TPSA) is 66.0 Å². The van der Waals surface area contributed by atoms with Crippen molar-refractivity contribution < 1.29 is 13.9 Å². The van der Waals surface area contributed by atoms with Crippen molar-refractivity contribution in [2.45, 2.75) is 52.5 Å². The summed E-state index contributed by atoms with van der Waals surface area (Å²) >= 11 is 0. The van der Waals surface area contributed by atoms with E-state index in [0.29, 0.717) is 36.7 Å². The van der Waals surface area contributed by atoms with Crippen LogP contribution in [0.15, 0.2) is 47.5 Å². The van der Waals surface area contributed by atoms with Gasteiger partial charge in [0.05, 0.1) is 18.2 Å². The molecule has 0 aliphatic carbocycles. The Morgan fingerprint density at radius 1 is 1.19 bits per heavy atom. The summed E-state index contributed by atoms with van der Waals surface area (Å²) in [6, 6.07) is 12.7. The third kappa shape index (κ3) is 6.07. The van der Waals surface area contributed by atoms with E-state index in [1.807, 2.05) is 56.0 Å². The smallest absolute Gasteiger partial charge is 0.254 e. The van der Waals surface area contributed by atoms with Crippen molar-refractivity contribution in [1.82, 2.24) is 15.5 Å². The van der Waals surface area contributed by atoms with Crippen molar-refractivity contribution in [3.8, 4) is 0 Å². The lowest BCUT2D eigenvalue weighted by atomic mass is 10.1. The second-order valence-corrected chi connectivity index (χ2v) is 8.46. The number of nitrogens with zero attached hydrogens (tertiary/aromatic N) is 2. The number of aliphatic imine (C=N–C) groups is 1. The number of ether oxygens (including phenoxy) is 1. The van der Waals surface area contributed by atoms with E-state index in [4.69, 9.17) is 4.74 Å². The Kier molecular flexibility index (Phi) is 7.85. The van der Waals surface area contributed by atoms with Gasteiger partial charge in [0.15, 0.2) is 5.96 Å². The van der Waals surface area contributed by atoms with Crippen LogP contribution in [-0.2, 0) is 11.3 Å². The van der Waals surface area contributed by atoms with Gasteiger partial charge in [-0.1, -0.05) is 24.3 Å². The zero-order valence-electron chi connectivity index (χ0n) is 19.5. The highest BCUT2D eigenvalue weighted by molar-refractivity contribution is 5.94. The highest BCUT2D eigenvalue weighted by atomic mass is 19.1. The number of nitrogens with one attached hydrogen (secondary N) is 2. The van der Waals surface area contributed by atoms with Gasteiger partial charge in [0.1, 0.15) is 5.82 Å². The molecule has 6 nitrogen and oxygen atoms in total. The minimum absolute atomic E-state index is 0.0307. The summed E-state index contributed by atoms with van der Waals surface area (Å²) < 4.78 is 19.6. The summed E-state index contributed by atoms with van der Waals surface area (Å²) in [6.07, 6.45) is 0.0911. The predicted octanol–water partition coefficient (Wildman–Crippen LogP) is 3.81. The number of carbonyl (C=O) groups excluding carboxylic acids is 1. The number of rotatable bonds is 5. The van der Waals surface area contributed by atoms with Crippen LogP contribution in [0.5, 0.6) is 0 Å². The van der Waals surface area contributed by atoms with Gasteiger partial charge in [-0.25, -0.2) is 4.39 Å². The number of carbonyl (C=O) groups is 1. The van der Waals surface area contributed by atoms with E-state index in [-0.39, 0.29) is 30.0 Å². The first-order valence-electron chi connectivity index (χ1n) is 11.0. The predicted molar refractivity (Wildman–Crippen MR) is 125 cm³/mol. The van der Waals surface area contributed by atoms with Crippen molar-refractivity contribution in [3.05, 3.63) is 70.5 Å². The van der Waals surface area contributed by atoms with E-state index in [1.54, 1.807) is 26.1 Å². The van der Waals surface area contributed by atoms with Crippen LogP contribution < -0.4 is 10.6 Å². The highest BCUT2D eigenvalue weighted by Crippen LogP contribution is 2.17. The summed E-state index contributed by atoms with van der Waals surface area (Å²) in [5.74, 6) is 0.438.